The number of ether oxygens (including phenoxy) is 1. The lowest BCUT2D eigenvalue weighted by Crippen LogP contribution is -2.56. The fourth-order valence-corrected chi connectivity index (χ4v) is 9.40. The maximum Gasteiger partial charge on any atom is 0.430 e. The maximum atomic E-state index is 14.6. The van der Waals surface area contributed by atoms with Crippen LogP contribution in [-0.4, -0.2) is 83.4 Å². The summed E-state index contributed by atoms with van der Waals surface area (Å²) in [5, 5.41) is 0. The van der Waals surface area contributed by atoms with Crippen LogP contribution in [0.2, 0.25) is 0 Å². The molecule has 0 bridgehead atoms. The Morgan fingerprint density at radius 1 is 0.800 bits per heavy atom. The molecule has 0 radical (unpaired) electrons. The van der Waals surface area contributed by atoms with Gasteiger partial charge in [0.25, 0.3) is 5.60 Å². The van der Waals surface area contributed by atoms with Crippen molar-refractivity contribution in [2.75, 3.05) is 32.4 Å². The Morgan fingerprint density at radius 3 is 1.85 bits per heavy atom. The summed E-state index contributed by atoms with van der Waals surface area (Å²) in [6.45, 7) is -2.83. The standard InChI is InChI=1S/C34H32F9N3O7S2/c1-54(49,50)44-29(47)21-13-16-45(17-14-21)30(48)46-18-15-31(20-46,55(51,52)25-11-9-24(35)10-12-25)22-5-7-23(8-6-22)32(33(38,39)40,34(41,42)43)53-19-26-27(36)3-2-4-28(26)37/h2-12,21H,13-20H2,1H3,(H,44,47)/t31-/m0/s1. The molecule has 2 aliphatic rings. The lowest BCUT2D eigenvalue weighted by Gasteiger charge is -2.38. The van der Waals surface area contributed by atoms with E-state index in [0.717, 1.165) is 41.5 Å². The molecule has 55 heavy (non-hydrogen) atoms. The Morgan fingerprint density at radius 2 is 1.35 bits per heavy atom. The highest BCUT2D eigenvalue weighted by atomic mass is 32.2. The van der Waals surface area contributed by atoms with Crippen molar-refractivity contribution < 1.29 is 70.7 Å². The molecular weight excluding hydrogens is 798 g/mol. The predicted molar refractivity (Wildman–Crippen MR) is 176 cm³/mol. The minimum Gasteiger partial charge on any atom is -0.349 e. The molecule has 300 valence electrons. The molecule has 0 spiro atoms. The van der Waals surface area contributed by atoms with Crippen molar-refractivity contribution in [3.8, 4) is 0 Å². The molecule has 0 aromatic heterocycles. The van der Waals surface area contributed by atoms with Gasteiger partial charge in [-0.2, -0.15) is 26.3 Å². The van der Waals surface area contributed by atoms with Gasteiger partial charge in [-0.1, -0.05) is 30.3 Å². The molecule has 2 fully saturated rings. The molecule has 2 heterocycles. The number of piperidine rings is 1. The van der Waals surface area contributed by atoms with Gasteiger partial charge in [0.15, 0.2) is 9.84 Å². The molecule has 3 aromatic carbocycles. The van der Waals surface area contributed by atoms with Gasteiger partial charge in [0.05, 0.1) is 17.8 Å². The smallest absolute Gasteiger partial charge is 0.349 e. The van der Waals surface area contributed by atoms with Gasteiger partial charge in [0.2, 0.25) is 15.9 Å². The number of nitrogens with one attached hydrogen (secondary N) is 1. The SMILES string of the molecule is CS(=O)(=O)NC(=O)C1CCN(C(=O)N2CC[C@](c3ccc(C(OCc4c(F)cccc4F)(C(F)(F)F)C(F)(F)F)cc3)(S(=O)(=O)c3ccc(F)cc3)C2)CC1. The molecule has 2 aliphatic heterocycles. The lowest BCUT2D eigenvalue weighted by atomic mass is 9.88. The predicted octanol–water partition coefficient (Wildman–Crippen LogP) is 5.92. The number of sulfonamides is 1. The van der Waals surface area contributed by atoms with Crippen LogP contribution in [0.5, 0.6) is 0 Å². The first kappa shape index (κ1) is 41.8. The van der Waals surface area contributed by atoms with E-state index in [1.54, 1.807) is 0 Å². The molecule has 5 rings (SSSR count). The minimum atomic E-state index is -6.28. The summed E-state index contributed by atoms with van der Waals surface area (Å²) < 4.78 is 185. The first-order valence-corrected chi connectivity index (χ1v) is 19.7. The molecule has 0 aliphatic carbocycles. The van der Waals surface area contributed by atoms with Gasteiger partial charge in [-0.25, -0.2) is 34.8 Å². The molecule has 1 atom stereocenters. The number of halogens is 9. The number of nitrogens with zero attached hydrogens (tertiary/aromatic N) is 2. The molecule has 3 aromatic rings. The molecule has 3 amide bonds. The van der Waals surface area contributed by atoms with Gasteiger partial charge >= 0.3 is 18.4 Å². The Hall–Kier alpha value is -4.37. The zero-order valence-electron chi connectivity index (χ0n) is 28.6. The number of hydrogen-bond donors (Lipinski definition) is 1. The van der Waals surface area contributed by atoms with E-state index >= 15 is 0 Å². The number of carbonyl (C=O) groups excluding carboxylic acids is 2. The fourth-order valence-electron chi connectivity index (χ4n) is 6.79. The van der Waals surface area contributed by atoms with Crippen LogP contribution in [-0.2, 0) is 46.3 Å². The van der Waals surface area contributed by atoms with E-state index in [9.17, 15) is 65.9 Å². The third-order valence-electron chi connectivity index (χ3n) is 9.67. The van der Waals surface area contributed by atoms with Crippen LogP contribution >= 0.6 is 0 Å². The van der Waals surface area contributed by atoms with Gasteiger partial charge in [0.1, 0.15) is 22.2 Å². The van der Waals surface area contributed by atoms with Gasteiger partial charge in [-0.15, -0.1) is 0 Å². The Labute approximate surface area is 309 Å². The highest BCUT2D eigenvalue weighted by molar-refractivity contribution is 7.92. The first-order valence-electron chi connectivity index (χ1n) is 16.3. The maximum absolute atomic E-state index is 14.6. The number of carbonyl (C=O) groups is 2. The molecule has 1 N–H and O–H groups in total. The number of urea groups is 1. The Bertz CT molecular complexity index is 2110. The summed E-state index contributed by atoms with van der Waals surface area (Å²) in [7, 11) is -8.56. The van der Waals surface area contributed by atoms with Crippen LogP contribution in [0.25, 0.3) is 0 Å². The number of likely N-dealkylation sites (tertiary alicyclic amines) is 2. The van der Waals surface area contributed by atoms with Crippen molar-refractivity contribution >= 4 is 31.8 Å². The van der Waals surface area contributed by atoms with Crippen LogP contribution in [0.4, 0.5) is 44.3 Å². The van der Waals surface area contributed by atoms with E-state index in [1.165, 1.54) is 4.90 Å². The van der Waals surface area contributed by atoms with E-state index < -0.39 is 113 Å². The van der Waals surface area contributed by atoms with Crippen LogP contribution in [0.3, 0.4) is 0 Å². The van der Waals surface area contributed by atoms with Crippen LogP contribution < -0.4 is 4.72 Å². The van der Waals surface area contributed by atoms with Crippen LogP contribution in [0, 0.1) is 23.4 Å². The zero-order valence-corrected chi connectivity index (χ0v) is 30.2. The van der Waals surface area contributed by atoms with Crippen molar-refractivity contribution in [3.63, 3.8) is 0 Å². The molecule has 0 unspecified atom stereocenters. The number of benzene rings is 3. The number of rotatable bonds is 9. The number of alkyl halides is 6. The van der Waals surface area contributed by atoms with Gasteiger partial charge < -0.3 is 14.5 Å². The van der Waals surface area contributed by atoms with Gasteiger partial charge in [-0.3, -0.25) is 9.52 Å². The number of amides is 3. The van der Waals surface area contributed by atoms with E-state index in [1.807, 2.05) is 4.72 Å². The Balaban J connectivity index is 1.51. The summed E-state index contributed by atoms with van der Waals surface area (Å²) in [6.07, 6.45) is -12.1. The average molecular weight is 830 g/mol. The van der Waals surface area contributed by atoms with Crippen molar-refractivity contribution in [2.24, 2.45) is 5.92 Å². The summed E-state index contributed by atoms with van der Waals surface area (Å²) in [6, 6.07) is 6.84. The summed E-state index contributed by atoms with van der Waals surface area (Å²) >= 11 is 0. The van der Waals surface area contributed by atoms with Crippen molar-refractivity contribution in [2.45, 2.75) is 53.5 Å². The monoisotopic (exact) mass is 829 g/mol. The van der Waals surface area contributed by atoms with Crippen LogP contribution in [0.15, 0.2) is 71.6 Å². The normalized spacial score (nSPS) is 19.1. The van der Waals surface area contributed by atoms with E-state index in [4.69, 9.17) is 0 Å². The highest BCUT2D eigenvalue weighted by Crippen LogP contribution is 2.54. The zero-order chi connectivity index (χ0) is 40.8. The minimum absolute atomic E-state index is 0.0443. The molecular formula is C34H32F9N3O7S2. The molecule has 10 nitrogen and oxygen atoms in total. The third-order valence-corrected chi connectivity index (χ3v) is 12.7. The second kappa shape index (κ2) is 14.9. The van der Waals surface area contributed by atoms with E-state index in [0.29, 0.717) is 36.4 Å². The largest absolute Gasteiger partial charge is 0.430 e. The van der Waals surface area contributed by atoms with Crippen molar-refractivity contribution in [1.82, 2.24) is 14.5 Å². The van der Waals surface area contributed by atoms with Gasteiger partial charge in [-0.05, 0) is 61.2 Å². The van der Waals surface area contributed by atoms with Gasteiger partial charge in [0, 0.05) is 43.2 Å². The molecule has 21 heteroatoms. The topological polar surface area (TPSA) is 130 Å². The van der Waals surface area contributed by atoms with E-state index in [-0.39, 0.29) is 38.0 Å². The summed E-state index contributed by atoms with van der Waals surface area (Å²) in [4.78, 5) is 27.9. The first-order chi connectivity index (χ1) is 25.4. The average Bonchev–Trinajstić information content (AvgIpc) is 3.55. The third kappa shape index (κ3) is 8.00. The van der Waals surface area contributed by atoms with Crippen molar-refractivity contribution in [1.29, 1.82) is 0 Å². The Kier molecular flexibility index (Phi) is 11.4. The molecule has 2 saturated heterocycles. The lowest BCUT2D eigenvalue weighted by molar-refractivity contribution is -0.392. The van der Waals surface area contributed by atoms with Crippen molar-refractivity contribution in [3.05, 3.63) is 101 Å². The highest BCUT2D eigenvalue weighted by Gasteiger charge is 2.73. The number of hydrogen-bond acceptors (Lipinski definition) is 7. The quantitative estimate of drug-likeness (QED) is 0.209. The number of sulfone groups is 1. The second-order valence-electron chi connectivity index (χ2n) is 13.1. The van der Waals surface area contributed by atoms with Crippen LogP contribution in [0.1, 0.15) is 36.0 Å². The second-order valence-corrected chi connectivity index (χ2v) is 17.2. The molecule has 0 saturated carbocycles. The summed E-state index contributed by atoms with van der Waals surface area (Å²) in [5.41, 5.74) is -8.31. The summed E-state index contributed by atoms with van der Waals surface area (Å²) in [5.74, 6) is -5.29. The van der Waals surface area contributed by atoms with E-state index in [2.05, 4.69) is 4.74 Å². The fraction of sp³-hybridized carbons (Fsp3) is 0.412.